The highest BCUT2D eigenvalue weighted by molar-refractivity contribution is 8.13. The predicted molar refractivity (Wildman–Crippen MR) is 64.9 cm³/mol. The van der Waals surface area contributed by atoms with Crippen LogP contribution in [0.2, 0.25) is 0 Å². The van der Waals surface area contributed by atoms with Crippen LogP contribution in [0.1, 0.15) is 16.8 Å². The van der Waals surface area contributed by atoms with Crippen molar-refractivity contribution in [2.45, 2.75) is 6.42 Å². The topological polar surface area (TPSA) is 54.5 Å². The number of hydrogen-bond donors (Lipinski definition) is 0. The average Bonchev–Trinajstić information content (AvgIpc) is 2.34. The third-order valence-electron chi connectivity index (χ3n) is 2.61. The SMILES string of the molecule is O=C(CN1C(=O)CCSC1=O)c1c(F)cccc1F. The Hall–Kier alpha value is -1.76. The number of Topliss-reactive ketones (excluding diaryl/α,β-unsaturated/α-hetero) is 1. The van der Waals surface area contributed by atoms with Crippen molar-refractivity contribution in [2.75, 3.05) is 12.3 Å². The smallest absolute Gasteiger partial charge is 0.288 e. The number of carbonyl (C=O) groups excluding carboxylic acids is 3. The van der Waals surface area contributed by atoms with Gasteiger partial charge in [-0.25, -0.2) is 8.78 Å². The molecule has 0 aromatic heterocycles. The van der Waals surface area contributed by atoms with E-state index in [9.17, 15) is 23.2 Å². The number of hydrogen-bond acceptors (Lipinski definition) is 4. The average molecular weight is 285 g/mol. The van der Waals surface area contributed by atoms with Gasteiger partial charge < -0.3 is 0 Å². The molecule has 0 spiro atoms. The van der Waals surface area contributed by atoms with Crippen LogP contribution >= 0.6 is 11.8 Å². The van der Waals surface area contributed by atoms with Crippen molar-refractivity contribution in [3.63, 3.8) is 0 Å². The summed E-state index contributed by atoms with van der Waals surface area (Å²) < 4.78 is 26.8. The number of ketones is 1. The van der Waals surface area contributed by atoms with Gasteiger partial charge in [0.25, 0.3) is 5.24 Å². The summed E-state index contributed by atoms with van der Waals surface area (Å²) >= 11 is 0.902. The zero-order chi connectivity index (χ0) is 14.0. The first-order valence-corrected chi connectivity index (χ1v) is 6.43. The Labute approximate surface area is 111 Å². The lowest BCUT2D eigenvalue weighted by Gasteiger charge is -2.23. The van der Waals surface area contributed by atoms with Gasteiger partial charge in [-0.1, -0.05) is 17.8 Å². The van der Waals surface area contributed by atoms with E-state index < -0.39 is 40.7 Å². The Kier molecular flexibility index (Phi) is 3.94. The molecule has 2 rings (SSSR count). The summed E-state index contributed by atoms with van der Waals surface area (Å²) in [7, 11) is 0. The minimum atomic E-state index is -1.01. The molecule has 19 heavy (non-hydrogen) atoms. The summed E-state index contributed by atoms with van der Waals surface area (Å²) in [6, 6.07) is 3.03. The van der Waals surface area contributed by atoms with Gasteiger partial charge in [-0.05, 0) is 12.1 Å². The summed E-state index contributed by atoms with van der Waals surface area (Å²) in [6.45, 7) is -0.636. The lowest BCUT2D eigenvalue weighted by molar-refractivity contribution is -0.127. The van der Waals surface area contributed by atoms with E-state index in [4.69, 9.17) is 0 Å². The molecule has 7 heteroatoms. The number of nitrogens with zero attached hydrogens (tertiary/aromatic N) is 1. The van der Waals surface area contributed by atoms with E-state index in [1.165, 1.54) is 0 Å². The lowest BCUT2D eigenvalue weighted by atomic mass is 10.1. The Bertz CT molecular complexity index is 526. The largest absolute Gasteiger partial charge is 0.292 e. The Balaban J connectivity index is 2.21. The second kappa shape index (κ2) is 5.48. The van der Waals surface area contributed by atoms with E-state index in [0.29, 0.717) is 5.75 Å². The number of benzene rings is 1. The molecule has 1 heterocycles. The van der Waals surface area contributed by atoms with Crippen molar-refractivity contribution in [3.8, 4) is 0 Å². The quantitative estimate of drug-likeness (QED) is 0.799. The number of amides is 2. The molecule has 1 aromatic carbocycles. The molecule has 0 N–H and O–H groups in total. The van der Waals surface area contributed by atoms with E-state index in [1.54, 1.807) is 0 Å². The number of imide groups is 1. The fourth-order valence-corrected chi connectivity index (χ4v) is 2.45. The summed E-state index contributed by atoms with van der Waals surface area (Å²) in [5.74, 6) is -3.09. The van der Waals surface area contributed by atoms with Gasteiger partial charge in [0.05, 0.1) is 12.1 Å². The molecule has 1 saturated heterocycles. The first-order chi connectivity index (χ1) is 9.00. The Morgan fingerprint density at radius 1 is 1.26 bits per heavy atom. The van der Waals surface area contributed by atoms with Crippen molar-refractivity contribution in [2.24, 2.45) is 0 Å². The molecule has 2 amide bonds. The summed E-state index contributed by atoms with van der Waals surface area (Å²) in [5.41, 5.74) is -0.723. The monoisotopic (exact) mass is 285 g/mol. The molecule has 0 atom stereocenters. The predicted octanol–water partition coefficient (Wildman–Crippen LogP) is 2.23. The van der Waals surface area contributed by atoms with Gasteiger partial charge in [-0.3, -0.25) is 19.3 Å². The van der Waals surface area contributed by atoms with Crippen molar-refractivity contribution in [1.29, 1.82) is 0 Å². The Morgan fingerprint density at radius 2 is 1.89 bits per heavy atom. The van der Waals surface area contributed by atoms with Gasteiger partial charge in [0.2, 0.25) is 5.91 Å². The molecule has 1 fully saturated rings. The van der Waals surface area contributed by atoms with Crippen LogP contribution < -0.4 is 0 Å². The summed E-state index contributed by atoms with van der Waals surface area (Å²) in [4.78, 5) is 35.5. The minimum absolute atomic E-state index is 0.128. The molecule has 0 unspecified atom stereocenters. The Morgan fingerprint density at radius 3 is 2.47 bits per heavy atom. The summed E-state index contributed by atoms with van der Waals surface area (Å²) in [5, 5.41) is -0.568. The molecule has 1 aliphatic heterocycles. The van der Waals surface area contributed by atoms with Crippen LogP contribution in [0.15, 0.2) is 18.2 Å². The minimum Gasteiger partial charge on any atom is -0.292 e. The van der Waals surface area contributed by atoms with Gasteiger partial charge in [0.15, 0.2) is 5.78 Å². The zero-order valence-electron chi connectivity index (χ0n) is 9.69. The fourth-order valence-electron chi connectivity index (χ4n) is 1.68. The molecule has 0 aliphatic carbocycles. The second-order valence-corrected chi connectivity index (χ2v) is 4.91. The molecular formula is C12H9F2NO3S. The third kappa shape index (κ3) is 2.81. The summed E-state index contributed by atoms with van der Waals surface area (Å²) in [6.07, 6.45) is 0.128. The molecular weight excluding hydrogens is 276 g/mol. The van der Waals surface area contributed by atoms with E-state index in [1.807, 2.05) is 0 Å². The lowest BCUT2D eigenvalue weighted by Crippen LogP contribution is -2.41. The molecule has 4 nitrogen and oxygen atoms in total. The number of carbonyl (C=O) groups is 3. The van der Waals surface area contributed by atoms with Crippen molar-refractivity contribution < 1.29 is 23.2 Å². The zero-order valence-corrected chi connectivity index (χ0v) is 10.5. The van der Waals surface area contributed by atoms with E-state index in [-0.39, 0.29) is 6.42 Å². The first-order valence-electron chi connectivity index (χ1n) is 5.45. The van der Waals surface area contributed by atoms with Crippen LogP contribution in [-0.4, -0.2) is 34.1 Å². The maximum Gasteiger partial charge on any atom is 0.288 e. The van der Waals surface area contributed by atoms with Crippen LogP contribution in [0.4, 0.5) is 13.6 Å². The molecule has 0 saturated carbocycles. The highest BCUT2D eigenvalue weighted by atomic mass is 32.2. The molecule has 0 radical (unpaired) electrons. The van der Waals surface area contributed by atoms with Crippen molar-refractivity contribution in [3.05, 3.63) is 35.4 Å². The standard InChI is InChI=1S/C12H9F2NO3S/c13-7-2-1-3-8(14)11(7)9(16)6-15-10(17)4-5-19-12(15)18/h1-3H,4-6H2. The number of halogens is 2. The van der Waals surface area contributed by atoms with Crippen LogP contribution in [0.25, 0.3) is 0 Å². The van der Waals surface area contributed by atoms with Gasteiger partial charge in [0.1, 0.15) is 11.6 Å². The first kappa shape index (κ1) is 13.7. The fraction of sp³-hybridized carbons (Fsp3) is 0.250. The van der Waals surface area contributed by atoms with Gasteiger partial charge >= 0.3 is 0 Å². The van der Waals surface area contributed by atoms with Crippen molar-refractivity contribution >= 4 is 28.7 Å². The van der Waals surface area contributed by atoms with Crippen molar-refractivity contribution in [1.82, 2.24) is 4.90 Å². The molecule has 0 bridgehead atoms. The maximum atomic E-state index is 13.4. The van der Waals surface area contributed by atoms with Gasteiger partial charge in [-0.15, -0.1) is 0 Å². The van der Waals surface area contributed by atoms with Gasteiger partial charge in [-0.2, -0.15) is 0 Å². The van der Waals surface area contributed by atoms with Crippen LogP contribution in [-0.2, 0) is 4.79 Å². The molecule has 100 valence electrons. The molecule has 1 aromatic rings. The maximum absolute atomic E-state index is 13.4. The van der Waals surface area contributed by atoms with Crippen LogP contribution in [0, 0.1) is 11.6 Å². The molecule has 1 aliphatic rings. The van der Waals surface area contributed by atoms with Crippen LogP contribution in [0.5, 0.6) is 0 Å². The normalized spacial score (nSPS) is 15.8. The highest BCUT2D eigenvalue weighted by Crippen LogP contribution is 2.20. The third-order valence-corrected chi connectivity index (χ3v) is 3.48. The van der Waals surface area contributed by atoms with E-state index in [2.05, 4.69) is 0 Å². The number of rotatable bonds is 3. The van der Waals surface area contributed by atoms with E-state index in [0.717, 1.165) is 34.9 Å². The van der Waals surface area contributed by atoms with Crippen LogP contribution in [0.3, 0.4) is 0 Å². The highest BCUT2D eigenvalue weighted by Gasteiger charge is 2.30. The van der Waals surface area contributed by atoms with Gasteiger partial charge in [0, 0.05) is 12.2 Å². The number of thioether (sulfide) groups is 1. The second-order valence-electron chi connectivity index (χ2n) is 3.86. The van der Waals surface area contributed by atoms with E-state index >= 15 is 0 Å².